The van der Waals surface area contributed by atoms with E-state index >= 15 is 0 Å². The number of allylic oxidation sites excluding steroid dienone is 2. The Labute approximate surface area is 69.4 Å². The standard InChI is InChI=1S/C10H18O/c1-8(2)5-4-6-9(3)10-7-11-10/h5,9-10H,4,6-7H2,1-3H3/t9-,10-/m0/s1. The summed E-state index contributed by atoms with van der Waals surface area (Å²) in [6.45, 7) is 7.57. The van der Waals surface area contributed by atoms with Crippen molar-refractivity contribution in [1.29, 1.82) is 0 Å². The van der Waals surface area contributed by atoms with Crippen molar-refractivity contribution < 1.29 is 4.74 Å². The molecule has 0 aliphatic carbocycles. The minimum atomic E-state index is 0.584. The van der Waals surface area contributed by atoms with Gasteiger partial charge in [0.15, 0.2) is 0 Å². The molecule has 0 amide bonds. The molecule has 0 radical (unpaired) electrons. The van der Waals surface area contributed by atoms with E-state index in [2.05, 4.69) is 26.8 Å². The summed E-state index contributed by atoms with van der Waals surface area (Å²) < 4.78 is 5.21. The fourth-order valence-electron chi connectivity index (χ4n) is 1.20. The lowest BCUT2D eigenvalue weighted by molar-refractivity contribution is 0.332. The van der Waals surface area contributed by atoms with E-state index in [1.54, 1.807) is 0 Å². The SMILES string of the molecule is CC(C)=CCC[C@H](C)[C@@H]1CO1. The van der Waals surface area contributed by atoms with Gasteiger partial charge in [0.2, 0.25) is 0 Å². The van der Waals surface area contributed by atoms with Crippen molar-refractivity contribution in [2.24, 2.45) is 5.92 Å². The van der Waals surface area contributed by atoms with E-state index in [0.29, 0.717) is 6.10 Å². The van der Waals surface area contributed by atoms with Crippen LogP contribution in [0.15, 0.2) is 11.6 Å². The van der Waals surface area contributed by atoms with Crippen LogP contribution >= 0.6 is 0 Å². The maximum atomic E-state index is 5.21. The summed E-state index contributed by atoms with van der Waals surface area (Å²) in [4.78, 5) is 0. The molecule has 1 nitrogen and oxygen atoms in total. The highest BCUT2D eigenvalue weighted by Gasteiger charge is 2.28. The Kier molecular flexibility index (Phi) is 3.13. The van der Waals surface area contributed by atoms with Gasteiger partial charge in [-0.25, -0.2) is 0 Å². The largest absolute Gasteiger partial charge is 0.373 e. The zero-order valence-electron chi connectivity index (χ0n) is 7.76. The van der Waals surface area contributed by atoms with Crippen LogP contribution in [-0.2, 0) is 4.74 Å². The first kappa shape index (κ1) is 8.79. The molecule has 0 aromatic heterocycles. The molecule has 1 fully saturated rings. The molecule has 11 heavy (non-hydrogen) atoms. The van der Waals surface area contributed by atoms with Crippen LogP contribution in [0.1, 0.15) is 33.6 Å². The zero-order chi connectivity index (χ0) is 8.27. The van der Waals surface area contributed by atoms with Gasteiger partial charge < -0.3 is 4.74 Å². The number of rotatable bonds is 4. The van der Waals surface area contributed by atoms with Crippen LogP contribution in [0.25, 0.3) is 0 Å². The van der Waals surface area contributed by atoms with Crippen molar-refractivity contribution in [1.82, 2.24) is 0 Å². The maximum absolute atomic E-state index is 5.21. The summed E-state index contributed by atoms with van der Waals surface area (Å²) in [6.07, 6.45) is 5.37. The number of ether oxygens (including phenoxy) is 1. The third kappa shape index (κ3) is 3.57. The van der Waals surface area contributed by atoms with Gasteiger partial charge in [0, 0.05) is 0 Å². The highest BCUT2D eigenvalue weighted by molar-refractivity contribution is 4.93. The lowest BCUT2D eigenvalue weighted by Crippen LogP contribution is -2.01. The highest BCUT2D eigenvalue weighted by atomic mass is 16.6. The fourth-order valence-corrected chi connectivity index (χ4v) is 1.20. The summed E-state index contributed by atoms with van der Waals surface area (Å²) in [5.41, 5.74) is 1.42. The van der Waals surface area contributed by atoms with Gasteiger partial charge in [0.1, 0.15) is 0 Å². The molecule has 0 saturated carbocycles. The molecular formula is C10H18O. The van der Waals surface area contributed by atoms with E-state index in [1.165, 1.54) is 18.4 Å². The molecule has 0 bridgehead atoms. The Balaban J connectivity index is 2.06. The number of hydrogen-bond acceptors (Lipinski definition) is 1. The van der Waals surface area contributed by atoms with Gasteiger partial charge in [0.05, 0.1) is 12.7 Å². The first-order chi connectivity index (χ1) is 5.20. The topological polar surface area (TPSA) is 12.5 Å². The fraction of sp³-hybridized carbons (Fsp3) is 0.800. The molecule has 0 aromatic carbocycles. The van der Waals surface area contributed by atoms with E-state index in [0.717, 1.165) is 12.5 Å². The number of hydrogen-bond donors (Lipinski definition) is 0. The van der Waals surface area contributed by atoms with E-state index in [1.807, 2.05) is 0 Å². The first-order valence-corrected chi connectivity index (χ1v) is 4.45. The lowest BCUT2D eigenvalue weighted by Gasteiger charge is -2.04. The Morgan fingerprint density at radius 1 is 1.64 bits per heavy atom. The molecule has 0 aromatic rings. The van der Waals surface area contributed by atoms with Crippen LogP contribution in [0, 0.1) is 5.92 Å². The van der Waals surface area contributed by atoms with Crippen molar-refractivity contribution >= 4 is 0 Å². The average molecular weight is 154 g/mol. The van der Waals surface area contributed by atoms with Gasteiger partial charge in [-0.05, 0) is 32.6 Å². The maximum Gasteiger partial charge on any atom is 0.0835 e. The molecule has 0 unspecified atom stereocenters. The van der Waals surface area contributed by atoms with Crippen molar-refractivity contribution in [3.63, 3.8) is 0 Å². The van der Waals surface area contributed by atoms with Crippen molar-refractivity contribution in [2.45, 2.75) is 39.7 Å². The minimum Gasteiger partial charge on any atom is -0.373 e. The van der Waals surface area contributed by atoms with Crippen LogP contribution in [0.3, 0.4) is 0 Å². The highest BCUT2D eigenvalue weighted by Crippen LogP contribution is 2.23. The molecule has 0 spiro atoms. The third-order valence-corrected chi connectivity index (χ3v) is 2.17. The van der Waals surface area contributed by atoms with E-state index in [-0.39, 0.29) is 0 Å². The lowest BCUT2D eigenvalue weighted by atomic mass is 10.0. The molecule has 1 heterocycles. The van der Waals surface area contributed by atoms with Gasteiger partial charge in [-0.15, -0.1) is 0 Å². The predicted octanol–water partition coefficient (Wildman–Crippen LogP) is 2.77. The van der Waals surface area contributed by atoms with Crippen LogP contribution in [0.4, 0.5) is 0 Å². The first-order valence-electron chi connectivity index (χ1n) is 4.45. The quantitative estimate of drug-likeness (QED) is 0.448. The average Bonchev–Trinajstić information content (AvgIpc) is 2.66. The van der Waals surface area contributed by atoms with Gasteiger partial charge in [0.25, 0.3) is 0 Å². The molecule has 1 aliphatic rings. The summed E-state index contributed by atoms with van der Waals surface area (Å²) in [6, 6.07) is 0. The molecule has 1 saturated heterocycles. The summed E-state index contributed by atoms with van der Waals surface area (Å²) >= 11 is 0. The molecule has 0 N–H and O–H groups in total. The summed E-state index contributed by atoms with van der Waals surface area (Å²) in [5, 5.41) is 0. The van der Waals surface area contributed by atoms with Gasteiger partial charge in [-0.2, -0.15) is 0 Å². The summed E-state index contributed by atoms with van der Waals surface area (Å²) in [7, 11) is 0. The monoisotopic (exact) mass is 154 g/mol. The van der Waals surface area contributed by atoms with Crippen LogP contribution < -0.4 is 0 Å². The molecule has 64 valence electrons. The van der Waals surface area contributed by atoms with Crippen molar-refractivity contribution in [3.05, 3.63) is 11.6 Å². The molecule has 1 aliphatic heterocycles. The Morgan fingerprint density at radius 3 is 2.73 bits per heavy atom. The molecule has 1 heteroatoms. The van der Waals surface area contributed by atoms with Crippen molar-refractivity contribution in [3.8, 4) is 0 Å². The third-order valence-electron chi connectivity index (χ3n) is 2.17. The van der Waals surface area contributed by atoms with E-state index in [9.17, 15) is 0 Å². The van der Waals surface area contributed by atoms with Crippen LogP contribution in [0.5, 0.6) is 0 Å². The Morgan fingerprint density at radius 2 is 2.27 bits per heavy atom. The molecule has 1 rings (SSSR count). The molecular weight excluding hydrogens is 136 g/mol. The second-order valence-electron chi connectivity index (χ2n) is 3.71. The van der Waals surface area contributed by atoms with Gasteiger partial charge >= 0.3 is 0 Å². The van der Waals surface area contributed by atoms with Crippen LogP contribution in [-0.4, -0.2) is 12.7 Å². The van der Waals surface area contributed by atoms with Gasteiger partial charge in [-0.1, -0.05) is 18.6 Å². The zero-order valence-corrected chi connectivity index (χ0v) is 7.76. The Hall–Kier alpha value is -0.300. The molecule has 2 atom stereocenters. The summed E-state index contributed by atoms with van der Waals surface area (Å²) in [5.74, 6) is 0.755. The predicted molar refractivity (Wildman–Crippen MR) is 47.6 cm³/mol. The normalized spacial score (nSPS) is 24.5. The minimum absolute atomic E-state index is 0.584. The Bertz CT molecular complexity index is 141. The van der Waals surface area contributed by atoms with Gasteiger partial charge in [-0.3, -0.25) is 0 Å². The number of epoxide rings is 1. The second-order valence-corrected chi connectivity index (χ2v) is 3.71. The van der Waals surface area contributed by atoms with Crippen LogP contribution in [0.2, 0.25) is 0 Å². The second kappa shape index (κ2) is 3.91. The smallest absolute Gasteiger partial charge is 0.0835 e. The van der Waals surface area contributed by atoms with E-state index in [4.69, 9.17) is 4.74 Å². The van der Waals surface area contributed by atoms with E-state index < -0.39 is 0 Å². The van der Waals surface area contributed by atoms with Crippen molar-refractivity contribution in [2.75, 3.05) is 6.61 Å².